The highest BCUT2D eigenvalue weighted by Crippen LogP contribution is 2.32. The Morgan fingerprint density at radius 2 is 1.79 bits per heavy atom. The zero-order valence-electron chi connectivity index (χ0n) is 16.1. The molecule has 1 saturated heterocycles. The van der Waals surface area contributed by atoms with Gasteiger partial charge in [0.25, 0.3) is 0 Å². The normalized spacial score (nSPS) is 16.4. The van der Waals surface area contributed by atoms with E-state index in [1.165, 1.54) is 6.26 Å². The Kier molecular flexibility index (Phi) is 5.03. The number of likely N-dealkylation sites (tertiary alicyclic amines) is 1. The molecule has 3 heterocycles. The molecule has 0 atom stereocenters. The van der Waals surface area contributed by atoms with Crippen molar-refractivity contribution in [1.82, 2.24) is 14.9 Å². The first kappa shape index (κ1) is 18.8. The maximum atomic E-state index is 11.6. The minimum absolute atomic E-state index is 0.304. The van der Waals surface area contributed by atoms with Crippen LogP contribution in [-0.2, 0) is 9.84 Å². The number of fused-ring (bicyclic) bond motifs is 1. The van der Waals surface area contributed by atoms with Gasteiger partial charge in [-0.25, -0.2) is 13.4 Å². The van der Waals surface area contributed by atoms with Gasteiger partial charge in [0.15, 0.2) is 9.84 Å². The van der Waals surface area contributed by atoms with Crippen molar-refractivity contribution in [3.8, 4) is 0 Å². The molecule has 1 aliphatic heterocycles. The summed E-state index contributed by atoms with van der Waals surface area (Å²) < 4.78 is 23.2. The molecular formula is C21H24N4O2S. The standard InChI is InChI=1S/C21H24N4O2S/c1-25-11-8-15(9-12-25)21-19-13-20(23-14-16(19)7-10-22-21)24-17-3-5-18(6-4-17)28(2,26)27/h3-7,10,13-15H,8-9,11-12H2,1-2H3,(H,23,24). The van der Waals surface area contributed by atoms with Crippen molar-refractivity contribution in [3.63, 3.8) is 0 Å². The molecule has 0 spiro atoms. The minimum Gasteiger partial charge on any atom is -0.340 e. The number of nitrogens with one attached hydrogen (secondary N) is 1. The average molecular weight is 397 g/mol. The number of hydrogen-bond donors (Lipinski definition) is 1. The molecule has 2 aromatic heterocycles. The summed E-state index contributed by atoms with van der Waals surface area (Å²) in [6.07, 6.45) is 7.16. The van der Waals surface area contributed by atoms with Gasteiger partial charge in [-0.1, -0.05) is 0 Å². The van der Waals surface area contributed by atoms with E-state index in [0.717, 1.165) is 53.9 Å². The van der Waals surface area contributed by atoms with Crippen LogP contribution in [0.2, 0.25) is 0 Å². The predicted octanol–water partition coefficient (Wildman–Crippen LogP) is 3.59. The number of aromatic nitrogens is 2. The lowest BCUT2D eigenvalue weighted by molar-refractivity contribution is 0.254. The van der Waals surface area contributed by atoms with Crippen LogP contribution in [-0.4, -0.2) is 49.7 Å². The summed E-state index contributed by atoms with van der Waals surface area (Å²) in [5.74, 6) is 1.19. The van der Waals surface area contributed by atoms with Crippen LogP contribution in [0, 0.1) is 0 Å². The van der Waals surface area contributed by atoms with E-state index in [1.54, 1.807) is 24.3 Å². The summed E-state index contributed by atoms with van der Waals surface area (Å²) in [4.78, 5) is 11.9. The molecule has 1 N–H and O–H groups in total. The quantitative estimate of drug-likeness (QED) is 0.726. The summed E-state index contributed by atoms with van der Waals surface area (Å²) in [6.45, 7) is 2.18. The largest absolute Gasteiger partial charge is 0.340 e. The lowest BCUT2D eigenvalue weighted by atomic mass is 9.91. The second kappa shape index (κ2) is 7.48. The summed E-state index contributed by atoms with van der Waals surface area (Å²) in [5, 5.41) is 5.48. The van der Waals surface area contributed by atoms with Crippen molar-refractivity contribution >= 4 is 32.1 Å². The fraction of sp³-hybridized carbons (Fsp3) is 0.333. The van der Waals surface area contributed by atoms with Crippen LogP contribution in [0.4, 0.5) is 11.5 Å². The number of rotatable bonds is 4. The number of nitrogens with zero attached hydrogens (tertiary/aromatic N) is 3. The Labute approximate surface area is 165 Å². The van der Waals surface area contributed by atoms with Crippen molar-refractivity contribution in [3.05, 3.63) is 54.5 Å². The van der Waals surface area contributed by atoms with Gasteiger partial charge in [0, 0.05) is 41.0 Å². The molecule has 0 unspecified atom stereocenters. The molecule has 0 bridgehead atoms. The third-order valence-corrected chi connectivity index (χ3v) is 6.47. The van der Waals surface area contributed by atoms with E-state index in [2.05, 4.69) is 22.2 Å². The Hall–Kier alpha value is -2.51. The molecule has 146 valence electrons. The predicted molar refractivity (Wildman–Crippen MR) is 112 cm³/mol. The summed E-state index contributed by atoms with van der Waals surface area (Å²) in [5.41, 5.74) is 1.94. The van der Waals surface area contributed by atoms with Crippen LogP contribution in [0.15, 0.2) is 53.7 Å². The van der Waals surface area contributed by atoms with E-state index in [-0.39, 0.29) is 0 Å². The maximum absolute atomic E-state index is 11.6. The van der Waals surface area contributed by atoms with Gasteiger partial charge in [-0.2, -0.15) is 0 Å². The van der Waals surface area contributed by atoms with E-state index in [9.17, 15) is 8.42 Å². The molecule has 0 amide bonds. The fourth-order valence-electron chi connectivity index (χ4n) is 3.70. The van der Waals surface area contributed by atoms with Crippen LogP contribution in [0.1, 0.15) is 24.5 Å². The SMILES string of the molecule is CN1CCC(c2nccc3cnc(Nc4ccc(S(C)(=O)=O)cc4)cc23)CC1. The van der Waals surface area contributed by atoms with Gasteiger partial charge in [-0.3, -0.25) is 4.98 Å². The number of pyridine rings is 2. The molecule has 0 radical (unpaired) electrons. The van der Waals surface area contributed by atoms with Crippen LogP contribution in [0.3, 0.4) is 0 Å². The van der Waals surface area contributed by atoms with E-state index < -0.39 is 9.84 Å². The summed E-state index contributed by atoms with van der Waals surface area (Å²) in [6, 6.07) is 10.7. The van der Waals surface area contributed by atoms with Gasteiger partial charge in [-0.05, 0) is 69.4 Å². The smallest absolute Gasteiger partial charge is 0.175 e. The molecule has 0 saturated carbocycles. The molecule has 0 aliphatic carbocycles. The van der Waals surface area contributed by atoms with E-state index in [1.807, 2.05) is 24.5 Å². The van der Waals surface area contributed by atoms with Gasteiger partial charge >= 0.3 is 0 Å². The van der Waals surface area contributed by atoms with E-state index in [0.29, 0.717) is 10.8 Å². The summed E-state index contributed by atoms with van der Waals surface area (Å²) >= 11 is 0. The highest BCUT2D eigenvalue weighted by Gasteiger charge is 2.21. The van der Waals surface area contributed by atoms with Crippen molar-refractivity contribution in [2.75, 3.05) is 31.7 Å². The molecule has 6 nitrogen and oxygen atoms in total. The second-order valence-corrected chi connectivity index (χ2v) is 9.50. The molecule has 1 aromatic carbocycles. The molecule has 1 fully saturated rings. The van der Waals surface area contributed by atoms with Crippen molar-refractivity contribution in [2.45, 2.75) is 23.7 Å². The monoisotopic (exact) mass is 396 g/mol. The van der Waals surface area contributed by atoms with Gasteiger partial charge in [0.1, 0.15) is 5.82 Å². The number of benzene rings is 1. The molecule has 3 aromatic rings. The van der Waals surface area contributed by atoms with Crippen LogP contribution < -0.4 is 5.32 Å². The first-order chi connectivity index (χ1) is 13.4. The Morgan fingerprint density at radius 3 is 2.46 bits per heavy atom. The lowest BCUT2D eigenvalue weighted by Gasteiger charge is -2.29. The first-order valence-electron chi connectivity index (χ1n) is 9.40. The number of anilines is 2. The van der Waals surface area contributed by atoms with Crippen LogP contribution >= 0.6 is 0 Å². The van der Waals surface area contributed by atoms with Gasteiger partial charge in [0.05, 0.1) is 10.6 Å². The first-order valence-corrected chi connectivity index (χ1v) is 11.3. The van der Waals surface area contributed by atoms with E-state index >= 15 is 0 Å². The third-order valence-electron chi connectivity index (χ3n) is 5.34. The zero-order chi connectivity index (χ0) is 19.7. The Bertz CT molecular complexity index is 1090. The zero-order valence-corrected chi connectivity index (χ0v) is 16.9. The maximum Gasteiger partial charge on any atom is 0.175 e. The minimum atomic E-state index is -3.20. The molecule has 1 aliphatic rings. The van der Waals surface area contributed by atoms with E-state index in [4.69, 9.17) is 4.98 Å². The lowest BCUT2D eigenvalue weighted by Crippen LogP contribution is -2.29. The second-order valence-electron chi connectivity index (χ2n) is 7.49. The number of sulfone groups is 1. The topological polar surface area (TPSA) is 75.2 Å². The van der Waals surface area contributed by atoms with Gasteiger partial charge in [0.2, 0.25) is 0 Å². The highest BCUT2D eigenvalue weighted by molar-refractivity contribution is 7.90. The van der Waals surface area contributed by atoms with Gasteiger partial charge < -0.3 is 10.2 Å². The third kappa shape index (κ3) is 4.00. The van der Waals surface area contributed by atoms with Crippen molar-refractivity contribution in [2.24, 2.45) is 0 Å². The van der Waals surface area contributed by atoms with Gasteiger partial charge in [-0.15, -0.1) is 0 Å². The van der Waals surface area contributed by atoms with Crippen LogP contribution in [0.25, 0.3) is 10.8 Å². The summed E-state index contributed by atoms with van der Waals surface area (Å²) in [7, 11) is -1.04. The molecule has 7 heteroatoms. The molecular weight excluding hydrogens is 372 g/mol. The highest BCUT2D eigenvalue weighted by atomic mass is 32.2. The van der Waals surface area contributed by atoms with Crippen molar-refractivity contribution in [1.29, 1.82) is 0 Å². The Morgan fingerprint density at radius 1 is 1.07 bits per heavy atom. The average Bonchev–Trinajstić information content (AvgIpc) is 2.68. The fourth-order valence-corrected chi connectivity index (χ4v) is 4.33. The van der Waals surface area contributed by atoms with Crippen molar-refractivity contribution < 1.29 is 8.42 Å². The molecule has 28 heavy (non-hydrogen) atoms. The molecule has 4 rings (SSSR count). The number of hydrogen-bond acceptors (Lipinski definition) is 6. The van der Waals surface area contributed by atoms with Crippen LogP contribution in [0.5, 0.6) is 0 Å². The number of piperidine rings is 1. The Balaban J connectivity index is 1.63.